The zero-order valence-corrected chi connectivity index (χ0v) is 52.3. The van der Waals surface area contributed by atoms with Gasteiger partial charge in [-0.1, -0.05) is 147 Å². The topological polar surface area (TPSA) is 196 Å². The van der Waals surface area contributed by atoms with E-state index in [0.717, 1.165) is 70.3 Å². The second-order valence-corrected chi connectivity index (χ2v) is 19.0. The number of rotatable bonds is 38. The standard InChI is InChI=1S/C23H41NO7.C20H40O4.C5H13NS.C3H8O.C3H8.CH2O.Y/c1-6-8-9-10-12-19(4)23(28)30-16-20(15-29-22(27)18(3)7-2)31-21(26)13-11-14-24(5)17-25;1-5-7-9-10-12-18(4)20(22)24-16-19(21)13-14-23-15-17(3)11-8-6-2;1-6(2)4-3-5-7;1-2-3-4;1-3-2;1-2;/h17-20H,6-16H2,1-5H3;17-19,21H,5-16H2,1-4H3;7H,3-5H2,1-2H3;4H,2-3H2,1H3;3H2,1-2H3;1H2;. The second-order valence-electron chi connectivity index (χ2n) is 18.6. The van der Waals surface area contributed by atoms with Crippen LogP contribution in [0.1, 0.15) is 205 Å². The minimum atomic E-state index is -0.861. The number of unbranched alkanes of at least 4 members (excludes halogenated alkanes) is 7. The van der Waals surface area contributed by atoms with Crippen molar-refractivity contribution in [3.8, 4) is 0 Å². The molecule has 1 amide bonds. The third-order valence-electron chi connectivity index (χ3n) is 10.4. The van der Waals surface area contributed by atoms with Crippen molar-refractivity contribution in [3.05, 3.63) is 0 Å². The Labute approximate surface area is 472 Å². The smallest absolute Gasteiger partial charge is 0.308 e. The van der Waals surface area contributed by atoms with Crippen molar-refractivity contribution in [2.24, 2.45) is 23.7 Å². The predicted octanol–water partition coefficient (Wildman–Crippen LogP) is 10.7. The third-order valence-corrected chi connectivity index (χ3v) is 10.8. The molecule has 0 aliphatic rings. The summed E-state index contributed by atoms with van der Waals surface area (Å²) in [5, 5.41) is 17.8. The first-order chi connectivity index (χ1) is 33.8. The molecule has 17 heteroatoms. The maximum Gasteiger partial charge on any atom is 0.308 e. The predicted molar refractivity (Wildman–Crippen MR) is 294 cm³/mol. The fourth-order valence-corrected chi connectivity index (χ4v) is 5.75. The molecule has 429 valence electrons. The van der Waals surface area contributed by atoms with E-state index in [1.54, 1.807) is 14.0 Å². The maximum absolute atomic E-state index is 12.3. The molecule has 0 aliphatic heterocycles. The van der Waals surface area contributed by atoms with Crippen molar-refractivity contribution < 1.29 is 95.4 Å². The number of ether oxygens (including phenoxy) is 5. The summed E-state index contributed by atoms with van der Waals surface area (Å²) < 4.78 is 26.8. The number of esters is 4. The minimum Gasteiger partial charge on any atom is -0.463 e. The van der Waals surface area contributed by atoms with Gasteiger partial charge in [0, 0.05) is 72.5 Å². The number of aliphatic hydroxyl groups excluding tert-OH is 2. The number of amides is 1. The van der Waals surface area contributed by atoms with Crippen LogP contribution in [0, 0.1) is 23.7 Å². The molecule has 0 aliphatic carbocycles. The van der Waals surface area contributed by atoms with Crippen LogP contribution >= 0.6 is 12.6 Å². The Morgan fingerprint density at radius 2 is 1.07 bits per heavy atom. The summed E-state index contributed by atoms with van der Waals surface area (Å²) in [6.45, 7) is 27.1. The Bertz CT molecular complexity index is 1160. The van der Waals surface area contributed by atoms with Gasteiger partial charge in [-0.05, 0) is 83.7 Å². The van der Waals surface area contributed by atoms with Gasteiger partial charge in [-0.25, -0.2) is 0 Å². The molecular formula is C55H112N2O13SY. The van der Waals surface area contributed by atoms with Crippen LogP contribution in [0.25, 0.3) is 0 Å². The van der Waals surface area contributed by atoms with E-state index in [0.29, 0.717) is 51.3 Å². The number of hydrogen-bond acceptors (Lipinski definition) is 15. The van der Waals surface area contributed by atoms with E-state index in [4.69, 9.17) is 33.6 Å². The number of carbonyl (C=O) groups excluding carboxylic acids is 6. The molecule has 0 rings (SSSR count). The fourth-order valence-electron chi connectivity index (χ4n) is 5.61. The molecular weight excluding hydrogens is 1020 g/mol. The Kier molecular flexibility index (Phi) is 78.8. The van der Waals surface area contributed by atoms with E-state index < -0.39 is 18.2 Å². The Morgan fingerprint density at radius 3 is 1.46 bits per heavy atom. The molecule has 0 aromatic carbocycles. The zero-order chi connectivity index (χ0) is 55.7. The number of thiol groups is 1. The van der Waals surface area contributed by atoms with Gasteiger partial charge in [0.25, 0.3) is 0 Å². The minimum absolute atomic E-state index is 0. The van der Waals surface area contributed by atoms with Crippen LogP contribution in [-0.4, -0.2) is 149 Å². The Balaban J connectivity index is -0.000000181. The Hall–Kier alpha value is -1.69. The van der Waals surface area contributed by atoms with Gasteiger partial charge in [-0.15, -0.1) is 0 Å². The quantitative estimate of drug-likeness (QED) is 0.0174. The van der Waals surface area contributed by atoms with Crippen LogP contribution in [0.5, 0.6) is 0 Å². The van der Waals surface area contributed by atoms with Crippen molar-refractivity contribution in [2.45, 2.75) is 217 Å². The molecule has 0 bridgehead atoms. The Morgan fingerprint density at radius 1 is 0.611 bits per heavy atom. The van der Waals surface area contributed by atoms with Gasteiger partial charge in [0.2, 0.25) is 6.41 Å². The van der Waals surface area contributed by atoms with Crippen LogP contribution in [0.3, 0.4) is 0 Å². The summed E-state index contributed by atoms with van der Waals surface area (Å²) in [5.74, 6) is -0.440. The molecule has 6 unspecified atom stereocenters. The van der Waals surface area contributed by atoms with E-state index >= 15 is 0 Å². The van der Waals surface area contributed by atoms with Crippen molar-refractivity contribution in [2.75, 3.05) is 79.6 Å². The van der Waals surface area contributed by atoms with Crippen molar-refractivity contribution in [1.82, 2.24) is 9.80 Å². The molecule has 2 N–H and O–H groups in total. The van der Waals surface area contributed by atoms with Gasteiger partial charge in [0.1, 0.15) is 26.6 Å². The van der Waals surface area contributed by atoms with Gasteiger partial charge in [0.15, 0.2) is 6.10 Å². The van der Waals surface area contributed by atoms with E-state index in [-0.39, 0.29) is 94.6 Å². The molecule has 6 atom stereocenters. The summed E-state index contributed by atoms with van der Waals surface area (Å²) in [7, 11) is 5.77. The molecule has 0 heterocycles. The average molecular weight is 1130 g/mol. The van der Waals surface area contributed by atoms with Crippen LogP contribution in [0.15, 0.2) is 0 Å². The third kappa shape index (κ3) is 68.3. The summed E-state index contributed by atoms with van der Waals surface area (Å²) in [4.78, 5) is 70.4. The fraction of sp³-hybridized carbons (Fsp3) is 0.891. The van der Waals surface area contributed by atoms with Crippen LogP contribution in [0.4, 0.5) is 0 Å². The normalized spacial score (nSPS) is 12.6. The average Bonchev–Trinajstić information content (AvgIpc) is 3.37. The molecule has 0 saturated carbocycles. The van der Waals surface area contributed by atoms with E-state index in [2.05, 4.69) is 73.2 Å². The summed E-state index contributed by atoms with van der Waals surface area (Å²) >= 11 is 4.07. The van der Waals surface area contributed by atoms with E-state index in [9.17, 15) is 29.1 Å². The van der Waals surface area contributed by atoms with Crippen LogP contribution < -0.4 is 0 Å². The van der Waals surface area contributed by atoms with Gasteiger partial charge < -0.3 is 48.5 Å². The van der Waals surface area contributed by atoms with E-state index in [1.165, 1.54) is 56.3 Å². The number of nitrogens with zero attached hydrogens (tertiary/aromatic N) is 2. The molecule has 0 fully saturated rings. The van der Waals surface area contributed by atoms with Crippen LogP contribution in [0.2, 0.25) is 0 Å². The van der Waals surface area contributed by atoms with Crippen LogP contribution in [-0.2, 0) is 85.2 Å². The molecule has 1 radical (unpaired) electrons. The molecule has 0 saturated heterocycles. The summed E-state index contributed by atoms with van der Waals surface area (Å²) in [6, 6.07) is 0. The first-order valence-electron chi connectivity index (χ1n) is 27.1. The molecule has 0 aromatic heterocycles. The van der Waals surface area contributed by atoms with E-state index in [1.807, 2.05) is 34.5 Å². The first-order valence-corrected chi connectivity index (χ1v) is 27.7. The first kappa shape index (κ1) is 84.3. The maximum atomic E-state index is 12.3. The van der Waals surface area contributed by atoms with Gasteiger partial charge in [0.05, 0.1) is 23.9 Å². The number of carbonyl (C=O) groups is 6. The molecule has 15 nitrogen and oxygen atoms in total. The monoisotopic (exact) mass is 1130 g/mol. The number of hydrogen-bond donors (Lipinski definition) is 3. The van der Waals surface area contributed by atoms with Crippen molar-refractivity contribution in [3.63, 3.8) is 0 Å². The number of aliphatic hydroxyl groups is 2. The molecule has 72 heavy (non-hydrogen) atoms. The zero-order valence-electron chi connectivity index (χ0n) is 48.6. The SMILES string of the molecule is C=O.CCC.CCCCCCC(C)C(=O)OCC(COC(=O)C(C)CC)OC(=O)CCCN(C)C=O.CCCCCCC(C)C(=O)OCC(O)CCOCC(C)CCCC.CCCO.CN(C)CCCS.[Y]. The van der Waals surface area contributed by atoms with Gasteiger partial charge >= 0.3 is 23.9 Å². The summed E-state index contributed by atoms with van der Waals surface area (Å²) in [5.41, 5.74) is 0. The summed E-state index contributed by atoms with van der Waals surface area (Å²) in [6.07, 6.45) is 18.4. The van der Waals surface area contributed by atoms with Gasteiger partial charge in [-0.3, -0.25) is 24.0 Å². The van der Waals surface area contributed by atoms with Crippen molar-refractivity contribution >= 4 is 49.7 Å². The molecule has 0 spiro atoms. The van der Waals surface area contributed by atoms with Gasteiger partial charge in [-0.2, -0.15) is 12.6 Å². The second kappa shape index (κ2) is 67.3. The largest absolute Gasteiger partial charge is 0.463 e. The van der Waals surface area contributed by atoms with Crippen molar-refractivity contribution in [1.29, 1.82) is 0 Å². The molecule has 0 aromatic rings.